The molecule has 9 heteroatoms. The highest BCUT2D eigenvalue weighted by Crippen LogP contribution is 2.70. The van der Waals surface area contributed by atoms with E-state index >= 15 is 0 Å². The molecule has 226 valence electrons. The van der Waals surface area contributed by atoms with Crippen molar-refractivity contribution >= 4 is 11.6 Å². The zero-order valence-corrected chi connectivity index (χ0v) is 24.0. The van der Waals surface area contributed by atoms with Crippen LogP contribution in [0.5, 0.6) is 0 Å². The van der Waals surface area contributed by atoms with Gasteiger partial charge in [0.2, 0.25) is 0 Å². The number of rotatable bonds is 5. The summed E-state index contributed by atoms with van der Waals surface area (Å²) in [6, 6.07) is 7.29. The molecule has 4 N–H and O–H groups in total. The van der Waals surface area contributed by atoms with Gasteiger partial charge in [-0.15, -0.1) is 0 Å². The van der Waals surface area contributed by atoms with Gasteiger partial charge in [-0.05, 0) is 61.7 Å². The summed E-state index contributed by atoms with van der Waals surface area (Å²) in [7, 11) is 0. The Bertz CT molecular complexity index is 1380. The van der Waals surface area contributed by atoms with Crippen LogP contribution < -0.4 is 5.73 Å². The van der Waals surface area contributed by atoms with Gasteiger partial charge in [0.1, 0.15) is 6.61 Å². The van der Waals surface area contributed by atoms with E-state index in [4.69, 9.17) is 15.2 Å². The first-order chi connectivity index (χ1) is 19.7. The van der Waals surface area contributed by atoms with Crippen molar-refractivity contribution in [2.45, 2.75) is 94.4 Å². The van der Waals surface area contributed by atoms with Crippen molar-refractivity contribution in [3.63, 3.8) is 0 Å². The summed E-state index contributed by atoms with van der Waals surface area (Å²) in [5.41, 5.74) is 5.18. The van der Waals surface area contributed by atoms with Crippen molar-refractivity contribution in [3.8, 4) is 0 Å². The standard InChI is InChI=1S/C33H39F2NO6/c1-29-10-9-21(38)11-20(29)7-8-22-23-12-26-33(25(40)15-37,30(23,2)14-24(39)27(22)29)42-28(41-26)19-5-3-18(4-6-19)13-31(36)16-32(34,35)17-31/h3-6,9-11,22-24,26-28,37,39H,7-8,12-17,36H2,1-2H3/t22-,23-,24-,26+,27+,28?,29-,30-,33+/m0/s1. The molecule has 9 atom stereocenters. The summed E-state index contributed by atoms with van der Waals surface area (Å²) in [6.07, 6.45) is 5.17. The highest BCUT2D eigenvalue weighted by molar-refractivity contribution is 6.01. The van der Waals surface area contributed by atoms with Gasteiger partial charge in [0.05, 0.1) is 12.2 Å². The van der Waals surface area contributed by atoms with Crippen LogP contribution in [0.1, 0.15) is 69.8 Å². The van der Waals surface area contributed by atoms with Gasteiger partial charge in [-0.2, -0.15) is 0 Å². The van der Waals surface area contributed by atoms with E-state index in [2.05, 4.69) is 6.92 Å². The topological polar surface area (TPSA) is 119 Å². The quantitative estimate of drug-likeness (QED) is 0.480. The number of ketones is 2. The van der Waals surface area contributed by atoms with Crippen LogP contribution in [-0.4, -0.2) is 57.7 Å². The molecule has 0 radical (unpaired) electrons. The van der Waals surface area contributed by atoms with Crippen LogP contribution in [0.2, 0.25) is 0 Å². The number of hydrogen-bond donors (Lipinski definition) is 3. The number of fused-ring (bicyclic) bond motifs is 7. The number of alkyl halides is 2. The molecule has 5 aliphatic carbocycles. The van der Waals surface area contributed by atoms with Gasteiger partial charge < -0.3 is 25.4 Å². The van der Waals surface area contributed by atoms with Crippen LogP contribution in [0.25, 0.3) is 0 Å². The molecular weight excluding hydrogens is 544 g/mol. The van der Waals surface area contributed by atoms with Crippen LogP contribution in [0.4, 0.5) is 8.78 Å². The van der Waals surface area contributed by atoms with E-state index in [0.29, 0.717) is 24.8 Å². The number of allylic oxidation sites excluding steroid dienone is 4. The van der Waals surface area contributed by atoms with Gasteiger partial charge in [-0.1, -0.05) is 49.8 Å². The summed E-state index contributed by atoms with van der Waals surface area (Å²) in [5.74, 6) is -3.17. The van der Waals surface area contributed by atoms with Gasteiger partial charge >= 0.3 is 0 Å². The zero-order valence-electron chi connectivity index (χ0n) is 24.0. The summed E-state index contributed by atoms with van der Waals surface area (Å²) in [6.45, 7) is 3.41. The van der Waals surface area contributed by atoms with Crippen LogP contribution in [0.3, 0.4) is 0 Å². The lowest BCUT2D eigenvalue weighted by atomic mass is 9.46. The third-order valence-electron chi connectivity index (χ3n) is 11.8. The summed E-state index contributed by atoms with van der Waals surface area (Å²) >= 11 is 0. The predicted octanol–water partition coefficient (Wildman–Crippen LogP) is 3.96. The molecule has 1 aliphatic heterocycles. The number of halogens is 2. The number of hydrogen-bond acceptors (Lipinski definition) is 7. The third kappa shape index (κ3) is 3.86. The van der Waals surface area contributed by atoms with Crippen molar-refractivity contribution in [2.24, 2.45) is 34.3 Å². The Morgan fingerprint density at radius 1 is 1.17 bits per heavy atom. The van der Waals surface area contributed by atoms with Gasteiger partial charge in [-0.3, -0.25) is 9.59 Å². The monoisotopic (exact) mass is 583 g/mol. The van der Waals surface area contributed by atoms with Gasteiger partial charge in [0.15, 0.2) is 23.5 Å². The van der Waals surface area contributed by atoms with Crippen molar-refractivity contribution in [1.82, 2.24) is 0 Å². The molecule has 0 amide bonds. The van der Waals surface area contributed by atoms with Gasteiger partial charge in [-0.25, -0.2) is 8.78 Å². The lowest BCUT2D eigenvalue weighted by Crippen LogP contribution is -2.63. The average molecular weight is 584 g/mol. The van der Waals surface area contributed by atoms with Crippen molar-refractivity contribution in [3.05, 3.63) is 59.2 Å². The maximum absolute atomic E-state index is 13.7. The molecule has 1 saturated heterocycles. The number of aliphatic hydroxyl groups is 2. The van der Waals surface area contributed by atoms with Crippen molar-refractivity contribution < 1.29 is 38.1 Å². The molecule has 1 aromatic rings. The number of carbonyl (C=O) groups is 2. The molecule has 4 saturated carbocycles. The lowest BCUT2D eigenvalue weighted by molar-refractivity contribution is -0.201. The Morgan fingerprint density at radius 3 is 2.55 bits per heavy atom. The Hall–Kier alpha value is -2.30. The Labute approximate surface area is 244 Å². The van der Waals surface area contributed by atoms with Crippen LogP contribution in [0, 0.1) is 28.6 Å². The van der Waals surface area contributed by atoms with Gasteiger partial charge in [0, 0.05) is 40.7 Å². The minimum atomic E-state index is -2.70. The first kappa shape index (κ1) is 28.5. The first-order valence-corrected chi connectivity index (χ1v) is 15.1. The number of benzene rings is 1. The van der Waals surface area contributed by atoms with E-state index < -0.39 is 58.8 Å². The molecule has 7 nitrogen and oxygen atoms in total. The average Bonchev–Trinajstić information content (AvgIpc) is 3.40. The maximum Gasteiger partial charge on any atom is 0.251 e. The second-order valence-corrected chi connectivity index (χ2v) is 14.3. The molecule has 42 heavy (non-hydrogen) atoms. The van der Waals surface area contributed by atoms with Crippen molar-refractivity contribution in [1.29, 1.82) is 0 Å². The molecule has 7 rings (SSSR count). The van der Waals surface area contributed by atoms with Gasteiger partial charge in [0.25, 0.3) is 5.92 Å². The van der Waals surface area contributed by atoms with Crippen LogP contribution in [0.15, 0.2) is 48.1 Å². The normalized spacial score (nSPS) is 44.4. The second kappa shape index (κ2) is 9.11. The van der Waals surface area contributed by atoms with E-state index in [1.807, 2.05) is 37.3 Å². The number of ether oxygens (including phenoxy) is 2. The second-order valence-electron chi connectivity index (χ2n) is 14.3. The molecule has 0 aromatic heterocycles. The fraction of sp³-hybridized carbons (Fsp3) is 0.636. The number of carbonyl (C=O) groups excluding carboxylic acids is 2. The minimum absolute atomic E-state index is 0.0143. The number of aliphatic hydroxyl groups excluding tert-OH is 2. The molecule has 0 bridgehead atoms. The minimum Gasteiger partial charge on any atom is -0.393 e. The molecule has 5 fully saturated rings. The first-order valence-electron chi connectivity index (χ1n) is 15.1. The number of Topliss-reactive ketones (excluding diaryl/α,β-unsaturated/α-hetero) is 1. The largest absolute Gasteiger partial charge is 0.393 e. The zero-order chi connectivity index (χ0) is 29.9. The molecule has 6 aliphatic rings. The van der Waals surface area contributed by atoms with E-state index in [9.17, 15) is 28.6 Å². The third-order valence-corrected chi connectivity index (χ3v) is 11.8. The van der Waals surface area contributed by atoms with Crippen LogP contribution >= 0.6 is 0 Å². The lowest BCUT2D eigenvalue weighted by Gasteiger charge is -2.59. The fourth-order valence-electron chi connectivity index (χ4n) is 10.1. The molecular formula is C33H39F2NO6. The molecule has 1 heterocycles. The molecule has 1 aromatic carbocycles. The van der Waals surface area contributed by atoms with Crippen LogP contribution in [-0.2, 0) is 25.5 Å². The number of nitrogens with two attached hydrogens (primary N) is 1. The molecule has 0 spiro atoms. The van der Waals surface area contributed by atoms with E-state index in [-0.39, 0.29) is 36.4 Å². The van der Waals surface area contributed by atoms with Crippen molar-refractivity contribution in [2.75, 3.05) is 6.61 Å². The molecule has 1 unspecified atom stereocenters. The fourth-order valence-corrected chi connectivity index (χ4v) is 10.1. The Balaban J connectivity index is 1.16. The highest BCUT2D eigenvalue weighted by atomic mass is 19.3. The van der Waals surface area contributed by atoms with E-state index in [1.54, 1.807) is 12.2 Å². The maximum atomic E-state index is 13.7. The summed E-state index contributed by atoms with van der Waals surface area (Å²) in [4.78, 5) is 25.8. The van der Waals surface area contributed by atoms with E-state index in [1.165, 1.54) is 0 Å². The summed E-state index contributed by atoms with van der Waals surface area (Å²) in [5, 5.41) is 21.9. The predicted molar refractivity (Wildman–Crippen MR) is 148 cm³/mol. The Morgan fingerprint density at radius 2 is 1.88 bits per heavy atom. The Kier molecular flexibility index (Phi) is 6.18. The van der Waals surface area contributed by atoms with E-state index in [0.717, 1.165) is 24.0 Å². The highest BCUT2D eigenvalue weighted by Gasteiger charge is 2.75. The smallest absolute Gasteiger partial charge is 0.251 e. The summed E-state index contributed by atoms with van der Waals surface area (Å²) < 4.78 is 40.0. The SMILES string of the molecule is C[C@]12C=CC(=O)C=C1CC[C@@H]1[C@@H]2[C@@H](O)C[C@@]2(C)[C@H]1C[C@H]1OC(c3ccc(CC4(N)CC(F)(F)C4)cc3)O[C@]12C(=O)CO.